The number of piperidine rings is 1. The highest BCUT2D eigenvalue weighted by molar-refractivity contribution is 7.07. The van der Waals surface area contributed by atoms with E-state index in [-0.39, 0.29) is 0 Å². The van der Waals surface area contributed by atoms with Crippen molar-refractivity contribution < 1.29 is 9.90 Å². The Morgan fingerprint density at radius 1 is 1.69 bits per heavy atom. The van der Waals surface area contributed by atoms with Crippen LogP contribution in [0.2, 0.25) is 0 Å². The summed E-state index contributed by atoms with van der Waals surface area (Å²) in [6.07, 6.45) is 2.44. The number of likely N-dealkylation sites (tertiary alicyclic amines) is 1. The van der Waals surface area contributed by atoms with Gasteiger partial charge in [0.05, 0.1) is 11.2 Å². The Bertz CT molecular complexity index is 340. The second-order valence-electron chi connectivity index (χ2n) is 4.32. The van der Waals surface area contributed by atoms with Crippen molar-refractivity contribution in [1.82, 2.24) is 9.88 Å². The largest absolute Gasteiger partial charge is 0.481 e. The van der Waals surface area contributed by atoms with Crippen LogP contribution in [-0.4, -0.2) is 34.0 Å². The minimum atomic E-state index is -0.680. The first-order valence-electron chi connectivity index (χ1n) is 5.55. The zero-order valence-electron chi connectivity index (χ0n) is 9.13. The summed E-state index contributed by atoms with van der Waals surface area (Å²) in [6.45, 7) is 2.82. The lowest BCUT2D eigenvalue weighted by Gasteiger charge is -2.31. The highest BCUT2D eigenvalue weighted by atomic mass is 32.1. The first kappa shape index (κ1) is 11.5. The van der Waals surface area contributed by atoms with Crippen LogP contribution in [0.15, 0.2) is 10.9 Å². The number of aliphatic carboxylic acids is 1. The molecule has 1 aromatic rings. The van der Waals surface area contributed by atoms with E-state index in [1.165, 1.54) is 0 Å². The molecule has 1 N–H and O–H groups in total. The molecule has 1 aromatic heterocycles. The zero-order valence-corrected chi connectivity index (χ0v) is 9.95. The van der Waals surface area contributed by atoms with Gasteiger partial charge in [-0.25, -0.2) is 4.98 Å². The van der Waals surface area contributed by atoms with E-state index in [0.29, 0.717) is 12.3 Å². The van der Waals surface area contributed by atoms with Crippen molar-refractivity contribution in [2.75, 3.05) is 13.1 Å². The molecule has 1 atom stereocenters. The lowest BCUT2D eigenvalue weighted by atomic mass is 9.95. The molecule has 1 unspecified atom stereocenters. The smallest absolute Gasteiger partial charge is 0.303 e. The first-order valence-corrected chi connectivity index (χ1v) is 6.49. The number of nitrogens with zero attached hydrogens (tertiary/aromatic N) is 2. The molecule has 0 saturated carbocycles. The summed E-state index contributed by atoms with van der Waals surface area (Å²) >= 11 is 1.61. The summed E-state index contributed by atoms with van der Waals surface area (Å²) in [7, 11) is 0. The maximum Gasteiger partial charge on any atom is 0.303 e. The van der Waals surface area contributed by atoms with Crippen molar-refractivity contribution in [2.45, 2.75) is 25.8 Å². The normalized spacial score (nSPS) is 22.1. The van der Waals surface area contributed by atoms with E-state index in [1.54, 1.807) is 11.3 Å². The third kappa shape index (κ3) is 3.28. The number of carbonyl (C=O) groups is 1. The van der Waals surface area contributed by atoms with Gasteiger partial charge in [-0.15, -0.1) is 11.3 Å². The Hall–Kier alpha value is -0.940. The van der Waals surface area contributed by atoms with Crippen LogP contribution in [-0.2, 0) is 11.3 Å². The van der Waals surface area contributed by atoms with E-state index in [1.807, 2.05) is 5.51 Å². The van der Waals surface area contributed by atoms with Gasteiger partial charge < -0.3 is 5.11 Å². The number of carboxylic acids is 1. The van der Waals surface area contributed by atoms with Gasteiger partial charge in [-0.05, 0) is 25.3 Å². The van der Waals surface area contributed by atoms with Gasteiger partial charge in [-0.3, -0.25) is 9.69 Å². The van der Waals surface area contributed by atoms with Gasteiger partial charge in [0.25, 0.3) is 0 Å². The summed E-state index contributed by atoms with van der Waals surface area (Å²) in [5.41, 5.74) is 2.94. The maximum absolute atomic E-state index is 10.7. The van der Waals surface area contributed by atoms with Gasteiger partial charge in [0, 0.05) is 24.9 Å². The average molecular weight is 240 g/mol. The summed E-state index contributed by atoms with van der Waals surface area (Å²) in [5.74, 6) is -0.370. The van der Waals surface area contributed by atoms with E-state index in [0.717, 1.165) is 38.2 Å². The molecule has 0 bridgehead atoms. The molecule has 0 aromatic carbocycles. The van der Waals surface area contributed by atoms with Gasteiger partial charge in [-0.1, -0.05) is 0 Å². The molecular weight excluding hydrogens is 224 g/mol. The minimum Gasteiger partial charge on any atom is -0.481 e. The number of hydrogen-bond donors (Lipinski definition) is 1. The topological polar surface area (TPSA) is 53.4 Å². The second kappa shape index (κ2) is 5.41. The van der Waals surface area contributed by atoms with Crippen molar-refractivity contribution in [3.8, 4) is 0 Å². The Morgan fingerprint density at radius 3 is 3.25 bits per heavy atom. The van der Waals surface area contributed by atoms with Crippen LogP contribution in [0, 0.1) is 5.92 Å². The standard InChI is InChI=1S/C11H16N2O2S/c14-11(15)4-9-2-1-3-13(5-9)6-10-7-16-8-12-10/h7-9H,1-6H2,(H,14,15). The molecule has 5 heteroatoms. The fraction of sp³-hybridized carbons (Fsp3) is 0.636. The molecule has 88 valence electrons. The molecule has 1 saturated heterocycles. The molecule has 2 heterocycles. The first-order chi connectivity index (χ1) is 7.74. The lowest BCUT2D eigenvalue weighted by Crippen LogP contribution is -2.35. The molecule has 2 rings (SSSR count). The van der Waals surface area contributed by atoms with Crippen LogP contribution in [0.1, 0.15) is 25.0 Å². The molecule has 16 heavy (non-hydrogen) atoms. The molecule has 0 aliphatic carbocycles. The Kier molecular flexibility index (Phi) is 3.90. The monoisotopic (exact) mass is 240 g/mol. The Morgan fingerprint density at radius 2 is 2.56 bits per heavy atom. The molecule has 1 aliphatic rings. The quantitative estimate of drug-likeness (QED) is 0.872. The molecule has 4 nitrogen and oxygen atoms in total. The van der Waals surface area contributed by atoms with Crippen molar-refractivity contribution in [3.05, 3.63) is 16.6 Å². The van der Waals surface area contributed by atoms with Crippen molar-refractivity contribution in [3.63, 3.8) is 0 Å². The minimum absolute atomic E-state index is 0.299. The van der Waals surface area contributed by atoms with Crippen LogP contribution in [0.4, 0.5) is 0 Å². The molecule has 0 amide bonds. The molecule has 0 spiro atoms. The second-order valence-corrected chi connectivity index (χ2v) is 5.04. The van der Waals surface area contributed by atoms with E-state index in [9.17, 15) is 4.79 Å². The fourth-order valence-electron chi connectivity index (χ4n) is 2.25. The third-order valence-electron chi connectivity index (χ3n) is 2.94. The maximum atomic E-state index is 10.7. The number of thiazole rings is 1. The number of hydrogen-bond acceptors (Lipinski definition) is 4. The number of rotatable bonds is 4. The number of carboxylic acid groups (broad SMARTS) is 1. The van der Waals surface area contributed by atoms with Crippen LogP contribution in [0.3, 0.4) is 0 Å². The predicted molar refractivity (Wildman–Crippen MR) is 62.4 cm³/mol. The van der Waals surface area contributed by atoms with Crippen molar-refractivity contribution in [2.24, 2.45) is 5.92 Å². The van der Waals surface area contributed by atoms with E-state index in [4.69, 9.17) is 5.11 Å². The molecule has 0 radical (unpaired) electrons. The SMILES string of the molecule is O=C(O)CC1CCCN(Cc2cscn2)C1. The molecular formula is C11H16N2O2S. The van der Waals surface area contributed by atoms with Crippen LogP contribution in [0.25, 0.3) is 0 Å². The van der Waals surface area contributed by atoms with Gasteiger partial charge in [-0.2, -0.15) is 0 Å². The van der Waals surface area contributed by atoms with E-state index >= 15 is 0 Å². The number of aromatic nitrogens is 1. The van der Waals surface area contributed by atoms with Crippen molar-refractivity contribution in [1.29, 1.82) is 0 Å². The van der Waals surface area contributed by atoms with Gasteiger partial charge in [0.1, 0.15) is 0 Å². The van der Waals surface area contributed by atoms with Gasteiger partial charge >= 0.3 is 5.97 Å². The van der Waals surface area contributed by atoms with Crippen molar-refractivity contribution >= 4 is 17.3 Å². The highest BCUT2D eigenvalue weighted by Crippen LogP contribution is 2.21. The molecule has 1 fully saturated rings. The van der Waals surface area contributed by atoms with Gasteiger partial charge in [0.15, 0.2) is 0 Å². The van der Waals surface area contributed by atoms with Crippen LogP contribution < -0.4 is 0 Å². The van der Waals surface area contributed by atoms with E-state index in [2.05, 4.69) is 15.3 Å². The fourth-order valence-corrected chi connectivity index (χ4v) is 2.80. The van der Waals surface area contributed by atoms with Gasteiger partial charge in [0.2, 0.25) is 0 Å². The summed E-state index contributed by atoms with van der Waals surface area (Å²) in [5, 5.41) is 10.8. The average Bonchev–Trinajstić information content (AvgIpc) is 2.70. The highest BCUT2D eigenvalue weighted by Gasteiger charge is 2.22. The van der Waals surface area contributed by atoms with Crippen LogP contribution in [0.5, 0.6) is 0 Å². The molecule has 1 aliphatic heterocycles. The summed E-state index contributed by atoms with van der Waals surface area (Å²) < 4.78 is 0. The lowest BCUT2D eigenvalue weighted by molar-refractivity contribution is -0.138. The summed E-state index contributed by atoms with van der Waals surface area (Å²) in [4.78, 5) is 17.2. The zero-order chi connectivity index (χ0) is 11.4. The predicted octanol–water partition coefficient (Wildman–Crippen LogP) is 1.83. The Labute approximate surface area is 98.9 Å². The van der Waals surface area contributed by atoms with Crippen LogP contribution >= 0.6 is 11.3 Å². The summed E-state index contributed by atoms with van der Waals surface area (Å²) in [6, 6.07) is 0. The third-order valence-corrected chi connectivity index (χ3v) is 3.57. The van der Waals surface area contributed by atoms with E-state index < -0.39 is 5.97 Å². The Balaban J connectivity index is 1.84.